The van der Waals surface area contributed by atoms with E-state index in [9.17, 15) is 4.79 Å². The van der Waals surface area contributed by atoms with Gasteiger partial charge in [-0.2, -0.15) is 0 Å². The van der Waals surface area contributed by atoms with E-state index in [-0.39, 0.29) is 5.41 Å². The summed E-state index contributed by atoms with van der Waals surface area (Å²) in [4.78, 5) is 12.2. The summed E-state index contributed by atoms with van der Waals surface area (Å²) in [6.45, 7) is 6.74. The summed E-state index contributed by atoms with van der Waals surface area (Å²) in [6, 6.07) is 3.52. The molecule has 0 aliphatic carbocycles. The number of ether oxygens (including phenoxy) is 1. The van der Waals surface area contributed by atoms with Crippen molar-refractivity contribution < 1.29 is 14.6 Å². The summed E-state index contributed by atoms with van der Waals surface area (Å²) >= 11 is 1.32. The third-order valence-electron chi connectivity index (χ3n) is 2.76. The lowest BCUT2D eigenvalue weighted by Gasteiger charge is -2.24. The van der Waals surface area contributed by atoms with Crippen LogP contribution in [0.3, 0.4) is 0 Å². The van der Waals surface area contributed by atoms with Crippen LogP contribution in [0.5, 0.6) is 0 Å². The molecule has 0 aliphatic rings. The van der Waals surface area contributed by atoms with Crippen LogP contribution in [0.4, 0.5) is 0 Å². The summed E-state index contributed by atoms with van der Waals surface area (Å²) in [5.74, 6) is -0.855. The Kier molecular flexibility index (Phi) is 5.78. The van der Waals surface area contributed by atoms with Crippen molar-refractivity contribution in [1.29, 1.82) is 0 Å². The third kappa shape index (κ3) is 5.16. The number of hydrogen-bond acceptors (Lipinski definition) is 4. The fourth-order valence-electron chi connectivity index (χ4n) is 1.58. The molecule has 2 N–H and O–H groups in total. The molecule has 102 valence electrons. The van der Waals surface area contributed by atoms with Crippen LogP contribution in [-0.4, -0.2) is 31.3 Å². The zero-order chi connectivity index (χ0) is 13.6. The molecule has 1 heterocycles. The van der Waals surface area contributed by atoms with Gasteiger partial charge in [0.15, 0.2) is 0 Å². The van der Waals surface area contributed by atoms with Gasteiger partial charge in [0, 0.05) is 31.7 Å². The van der Waals surface area contributed by atoms with Gasteiger partial charge >= 0.3 is 5.97 Å². The molecule has 1 rings (SSSR count). The Labute approximate surface area is 112 Å². The Bertz CT molecular complexity index is 387. The first-order chi connectivity index (χ1) is 8.44. The van der Waals surface area contributed by atoms with Crippen molar-refractivity contribution in [1.82, 2.24) is 5.32 Å². The van der Waals surface area contributed by atoms with Crippen LogP contribution in [0, 0.1) is 5.41 Å². The van der Waals surface area contributed by atoms with E-state index >= 15 is 0 Å². The zero-order valence-corrected chi connectivity index (χ0v) is 12.0. The average molecular weight is 271 g/mol. The van der Waals surface area contributed by atoms with Crippen LogP contribution in [-0.2, 0) is 11.3 Å². The molecular formula is C13H21NO3S. The SMILES string of the molecule is COCCC(C)(C)CNCc1ccc(C(=O)O)s1. The summed E-state index contributed by atoms with van der Waals surface area (Å²) in [5.41, 5.74) is 0.183. The first-order valence-electron chi connectivity index (χ1n) is 5.96. The number of hydrogen-bond donors (Lipinski definition) is 2. The van der Waals surface area contributed by atoms with Crippen molar-refractivity contribution in [2.45, 2.75) is 26.8 Å². The van der Waals surface area contributed by atoms with Crippen molar-refractivity contribution >= 4 is 17.3 Å². The monoisotopic (exact) mass is 271 g/mol. The van der Waals surface area contributed by atoms with Crippen LogP contribution in [0.2, 0.25) is 0 Å². The first-order valence-corrected chi connectivity index (χ1v) is 6.78. The van der Waals surface area contributed by atoms with Gasteiger partial charge in [0.2, 0.25) is 0 Å². The molecule has 0 saturated heterocycles. The molecule has 4 nitrogen and oxygen atoms in total. The lowest BCUT2D eigenvalue weighted by atomic mass is 9.90. The quantitative estimate of drug-likeness (QED) is 0.763. The number of thiophene rings is 1. The molecule has 0 unspecified atom stereocenters. The molecule has 0 amide bonds. The fraction of sp³-hybridized carbons (Fsp3) is 0.615. The molecule has 5 heteroatoms. The molecule has 0 radical (unpaired) electrons. The second-order valence-electron chi connectivity index (χ2n) is 5.08. The Hall–Kier alpha value is -0.910. The summed E-state index contributed by atoms with van der Waals surface area (Å²) < 4.78 is 5.08. The maximum absolute atomic E-state index is 10.7. The highest BCUT2D eigenvalue weighted by Gasteiger charge is 2.17. The van der Waals surface area contributed by atoms with Crippen molar-refractivity contribution in [3.63, 3.8) is 0 Å². The minimum atomic E-state index is -0.855. The van der Waals surface area contributed by atoms with E-state index in [2.05, 4.69) is 19.2 Å². The number of carboxylic acid groups (broad SMARTS) is 1. The number of carbonyl (C=O) groups is 1. The van der Waals surface area contributed by atoms with E-state index < -0.39 is 5.97 Å². The number of carboxylic acids is 1. The summed E-state index contributed by atoms with van der Waals surface area (Å²) in [5, 5.41) is 12.2. The lowest BCUT2D eigenvalue weighted by molar-refractivity contribution is 0.0702. The molecule has 0 saturated carbocycles. The molecule has 0 fully saturated rings. The maximum atomic E-state index is 10.7. The molecule has 18 heavy (non-hydrogen) atoms. The second kappa shape index (κ2) is 6.87. The smallest absolute Gasteiger partial charge is 0.345 e. The number of aromatic carboxylic acids is 1. The van der Waals surface area contributed by atoms with Gasteiger partial charge in [0.05, 0.1) is 0 Å². The highest BCUT2D eigenvalue weighted by molar-refractivity contribution is 7.13. The van der Waals surface area contributed by atoms with Crippen molar-refractivity contribution in [3.8, 4) is 0 Å². The predicted octanol–water partition coefficient (Wildman–Crippen LogP) is 2.60. The van der Waals surface area contributed by atoms with Crippen molar-refractivity contribution in [3.05, 3.63) is 21.9 Å². The van der Waals surface area contributed by atoms with Crippen LogP contribution >= 0.6 is 11.3 Å². The predicted molar refractivity (Wildman–Crippen MR) is 73.3 cm³/mol. The van der Waals surface area contributed by atoms with Gasteiger partial charge in [-0.25, -0.2) is 4.79 Å². The van der Waals surface area contributed by atoms with Crippen LogP contribution in [0.25, 0.3) is 0 Å². The normalized spacial score (nSPS) is 11.7. The average Bonchev–Trinajstić information content (AvgIpc) is 2.75. The van der Waals surface area contributed by atoms with E-state index in [0.717, 1.165) is 24.4 Å². The van der Waals surface area contributed by atoms with Gasteiger partial charge in [-0.05, 0) is 24.0 Å². The van der Waals surface area contributed by atoms with E-state index in [1.165, 1.54) is 11.3 Å². The summed E-state index contributed by atoms with van der Waals surface area (Å²) in [7, 11) is 1.71. The third-order valence-corrected chi connectivity index (χ3v) is 3.83. The van der Waals surface area contributed by atoms with Gasteiger partial charge in [0.25, 0.3) is 0 Å². The van der Waals surface area contributed by atoms with E-state index in [1.54, 1.807) is 13.2 Å². The van der Waals surface area contributed by atoms with Gasteiger partial charge in [-0.1, -0.05) is 13.8 Å². The molecular weight excluding hydrogens is 250 g/mol. The van der Waals surface area contributed by atoms with Crippen LogP contribution in [0.1, 0.15) is 34.8 Å². The lowest BCUT2D eigenvalue weighted by Crippen LogP contribution is -2.29. The molecule has 0 aromatic carbocycles. The molecule has 0 aliphatic heterocycles. The fourth-order valence-corrected chi connectivity index (χ4v) is 2.39. The number of nitrogens with one attached hydrogen (secondary N) is 1. The van der Waals surface area contributed by atoms with Gasteiger partial charge in [-0.15, -0.1) is 11.3 Å². The van der Waals surface area contributed by atoms with Crippen LogP contribution in [0.15, 0.2) is 12.1 Å². The standard InChI is InChI=1S/C13H21NO3S/c1-13(2,6-7-17-3)9-14-8-10-4-5-11(18-10)12(15)16/h4-5,14H,6-9H2,1-3H3,(H,15,16). The molecule has 0 bridgehead atoms. The van der Waals surface area contributed by atoms with Crippen LogP contribution < -0.4 is 5.32 Å². The summed E-state index contributed by atoms with van der Waals surface area (Å²) in [6.07, 6.45) is 1.00. The molecule has 1 aromatic heterocycles. The highest BCUT2D eigenvalue weighted by atomic mass is 32.1. The van der Waals surface area contributed by atoms with E-state index in [4.69, 9.17) is 9.84 Å². The Morgan fingerprint density at radius 3 is 2.78 bits per heavy atom. The Morgan fingerprint density at radius 1 is 1.50 bits per heavy atom. The van der Waals surface area contributed by atoms with Gasteiger partial charge in [-0.3, -0.25) is 0 Å². The minimum Gasteiger partial charge on any atom is -0.477 e. The number of methoxy groups -OCH3 is 1. The second-order valence-corrected chi connectivity index (χ2v) is 6.25. The molecule has 1 aromatic rings. The molecule has 0 spiro atoms. The maximum Gasteiger partial charge on any atom is 0.345 e. The van der Waals surface area contributed by atoms with E-state index in [0.29, 0.717) is 11.4 Å². The molecule has 0 atom stereocenters. The van der Waals surface area contributed by atoms with Gasteiger partial charge in [0.1, 0.15) is 4.88 Å². The highest BCUT2D eigenvalue weighted by Crippen LogP contribution is 2.20. The Morgan fingerprint density at radius 2 is 2.22 bits per heavy atom. The van der Waals surface area contributed by atoms with Crippen molar-refractivity contribution in [2.75, 3.05) is 20.3 Å². The Balaban J connectivity index is 2.34. The first kappa shape index (κ1) is 15.1. The minimum absolute atomic E-state index is 0.183. The number of rotatable bonds is 8. The van der Waals surface area contributed by atoms with Gasteiger partial charge < -0.3 is 15.2 Å². The van der Waals surface area contributed by atoms with E-state index in [1.807, 2.05) is 6.07 Å². The largest absolute Gasteiger partial charge is 0.477 e. The topological polar surface area (TPSA) is 58.6 Å². The zero-order valence-electron chi connectivity index (χ0n) is 11.2. The van der Waals surface area contributed by atoms with Crippen molar-refractivity contribution in [2.24, 2.45) is 5.41 Å².